The highest BCUT2D eigenvalue weighted by Crippen LogP contribution is 2.24. The lowest BCUT2D eigenvalue weighted by Gasteiger charge is -2.16. The minimum atomic E-state index is -0.561. The predicted octanol–water partition coefficient (Wildman–Crippen LogP) is 3.21. The number of aromatic nitrogens is 1. The molecule has 130 valence electrons. The van der Waals surface area contributed by atoms with Crippen LogP contribution in [0.15, 0.2) is 35.1 Å². The quantitative estimate of drug-likeness (QED) is 0.820. The van der Waals surface area contributed by atoms with E-state index in [0.29, 0.717) is 6.42 Å². The molecule has 0 fully saturated rings. The Balaban J connectivity index is 2.50. The SMILES string of the molecule is Cc1c(C(=O)CC(C)C)c(O)n(CCc2ccccc2)c(=O)c1C#N. The Morgan fingerprint density at radius 2 is 1.92 bits per heavy atom. The van der Waals surface area contributed by atoms with Crippen LogP contribution >= 0.6 is 0 Å². The van der Waals surface area contributed by atoms with Crippen LogP contribution in [-0.4, -0.2) is 15.5 Å². The van der Waals surface area contributed by atoms with E-state index in [-0.39, 0.29) is 47.2 Å². The summed E-state index contributed by atoms with van der Waals surface area (Å²) in [7, 11) is 0. The lowest BCUT2D eigenvalue weighted by Crippen LogP contribution is -2.27. The summed E-state index contributed by atoms with van der Waals surface area (Å²) in [4.78, 5) is 25.0. The summed E-state index contributed by atoms with van der Waals surface area (Å²) in [6, 6.07) is 11.4. The number of aryl methyl sites for hydroxylation is 1. The van der Waals surface area contributed by atoms with E-state index in [1.807, 2.05) is 50.2 Å². The molecule has 5 heteroatoms. The van der Waals surface area contributed by atoms with Gasteiger partial charge in [0, 0.05) is 13.0 Å². The van der Waals surface area contributed by atoms with E-state index in [4.69, 9.17) is 0 Å². The van der Waals surface area contributed by atoms with Gasteiger partial charge in [-0.1, -0.05) is 44.2 Å². The fourth-order valence-corrected chi connectivity index (χ4v) is 2.85. The molecule has 1 N–H and O–H groups in total. The van der Waals surface area contributed by atoms with E-state index >= 15 is 0 Å². The predicted molar refractivity (Wildman–Crippen MR) is 95.8 cm³/mol. The van der Waals surface area contributed by atoms with E-state index in [0.717, 1.165) is 10.1 Å². The highest BCUT2D eigenvalue weighted by molar-refractivity contribution is 6.00. The van der Waals surface area contributed by atoms with Crippen molar-refractivity contribution in [2.75, 3.05) is 0 Å². The number of rotatable bonds is 6. The van der Waals surface area contributed by atoms with E-state index in [1.165, 1.54) is 6.92 Å². The first-order chi connectivity index (χ1) is 11.9. The summed E-state index contributed by atoms with van der Waals surface area (Å²) < 4.78 is 1.13. The average molecular weight is 338 g/mol. The number of nitrogens with zero attached hydrogens (tertiary/aromatic N) is 2. The van der Waals surface area contributed by atoms with E-state index in [2.05, 4.69) is 0 Å². The number of carbonyl (C=O) groups excluding carboxylic acids is 1. The molecule has 0 saturated heterocycles. The van der Waals surface area contributed by atoms with Gasteiger partial charge in [0.05, 0.1) is 5.56 Å². The van der Waals surface area contributed by atoms with Crippen LogP contribution in [0, 0.1) is 24.2 Å². The molecular weight excluding hydrogens is 316 g/mol. The van der Waals surface area contributed by atoms with Gasteiger partial charge in [-0.15, -0.1) is 0 Å². The van der Waals surface area contributed by atoms with Gasteiger partial charge in [0.15, 0.2) is 5.78 Å². The number of ketones is 1. The van der Waals surface area contributed by atoms with Crippen molar-refractivity contribution in [3.05, 3.63) is 62.9 Å². The number of aromatic hydroxyl groups is 1. The normalized spacial score (nSPS) is 10.7. The number of hydrogen-bond donors (Lipinski definition) is 1. The summed E-state index contributed by atoms with van der Waals surface area (Å²) in [5.41, 5.74) is 0.694. The topological polar surface area (TPSA) is 83.1 Å². The molecule has 0 saturated carbocycles. The van der Waals surface area contributed by atoms with Crippen LogP contribution < -0.4 is 5.56 Å². The maximum absolute atomic E-state index is 12.5. The number of nitriles is 1. The van der Waals surface area contributed by atoms with Crippen LogP contribution in [0.25, 0.3) is 0 Å². The van der Waals surface area contributed by atoms with E-state index in [9.17, 15) is 20.0 Å². The van der Waals surface area contributed by atoms with Crippen LogP contribution in [0.5, 0.6) is 5.88 Å². The number of pyridine rings is 1. The molecule has 0 amide bonds. The zero-order chi connectivity index (χ0) is 18.6. The third-order valence-corrected chi connectivity index (χ3v) is 4.14. The van der Waals surface area contributed by atoms with Crippen LogP contribution in [-0.2, 0) is 13.0 Å². The molecule has 1 heterocycles. The monoisotopic (exact) mass is 338 g/mol. The molecule has 2 rings (SSSR count). The molecule has 0 aliphatic carbocycles. The Hall–Kier alpha value is -2.87. The molecular formula is C20H22N2O3. The lowest BCUT2D eigenvalue weighted by molar-refractivity contribution is 0.0962. The molecule has 0 unspecified atom stereocenters. The fraction of sp³-hybridized carbons (Fsp3) is 0.350. The van der Waals surface area contributed by atoms with Crippen molar-refractivity contribution < 1.29 is 9.90 Å². The van der Waals surface area contributed by atoms with Gasteiger partial charge in [-0.25, -0.2) is 0 Å². The summed E-state index contributed by atoms with van der Waals surface area (Å²) in [6.45, 7) is 5.54. The molecule has 0 spiro atoms. The maximum Gasteiger partial charge on any atom is 0.271 e. The van der Waals surface area contributed by atoms with Crippen LogP contribution in [0.2, 0.25) is 0 Å². The highest BCUT2D eigenvalue weighted by Gasteiger charge is 2.24. The number of hydrogen-bond acceptors (Lipinski definition) is 4. The van der Waals surface area contributed by atoms with Crippen LogP contribution in [0.3, 0.4) is 0 Å². The molecule has 0 aliphatic heterocycles. The first-order valence-electron chi connectivity index (χ1n) is 8.30. The Morgan fingerprint density at radius 1 is 1.28 bits per heavy atom. The summed E-state index contributed by atoms with van der Waals surface area (Å²) in [5, 5.41) is 19.9. The Labute approximate surface area is 147 Å². The number of benzene rings is 1. The van der Waals surface area contributed by atoms with Crippen molar-refractivity contribution >= 4 is 5.78 Å². The Kier molecular flexibility index (Phi) is 5.76. The molecule has 0 atom stereocenters. The first kappa shape index (κ1) is 18.5. The zero-order valence-electron chi connectivity index (χ0n) is 14.7. The molecule has 5 nitrogen and oxygen atoms in total. The molecule has 1 aromatic carbocycles. The largest absolute Gasteiger partial charge is 0.494 e. The molecule has 1 aromatic heterocycles. The van der Waals surface area contributed by atoms with E-state index < -0.39 is 5.56 Å². The molecule has 0 bridgehead atoms. The van der Waals surface area contributed by atoms with Gasteiger partial charge in [0.2, 0.25) is 5.88 Å². The standard InChI is InChI=1S/C20H22N2O3/c1-13(2)11-17(23)18-14(3)16(12-21)19(24)22(20(18)25)10-9-15-7-5-4-6-8-15/h4-8,13,25H,9-11H2,1-3H3. The van der Waals surface area contributed by atoms with Crippen molar-refractivity contribution in [1.82, 2.24) is 4.57 Å². The number of Topliss-reactive ketones (excluding diaryl/α,β-unsaturated/α-hetero) is 1. The summed E-state index contributed by atoms with van der Waals surface area (Å²) in [5.74, 6) is -0.487. The zero-order valence-corrected chi connectivity index (χ0v) is 14.7. The summed E-state index contributed by atoms with van der Waals surface area (Å²) in [6.07, 6.45) is 0.760. The molecule has 25 heavy (non-hydrogen) atoms. The second kappa shape index (κ2) is 7.80. The highest BCUT2D eigenvalue weighted by atomic mass is 16.3. The molecule has 2 aromatic rings. The van der Waals surface area contributed by atoms with Crippen molar-refractivity contribution in [3.8, 4) is 11.9 Å². The van der Waals surface area contributed by atoms with Crippen molar-refractivity contribution in [1.29, 1.82) is 5.26 Å². The van der Waals surface area contributed by atoms with Gasteiger partial charge >= 0.3 is 0 Å². The molecule has 0 radical (unpaired) electrons. The Morgan fingerprint density at radius 3 is 2.48 bits per heavy atom. The fourth-order valence-electron chi connectivity index (χ4n) is 2.85. The van der Waals surface area contributed by atoms with Gasteiger partial charge < -0.3 is 5.11 Å². The third-order valence-electron chi connectivity index (χ3n) is 4.14. The summed E-state index contributed by atoms with van der Waals surface area (Å²) >= 11 is 0. The lowest BCUT2D eigenvalue weighted by atomic mass is 9.96. The minimum absolute atomic E-state index is 0.0814. The maximum atomic E-state index is 12.5. The second-order valence-corrected chi connectivity index (χ2v) is 6.52. The second-order valence-electron chi connectivity index (χ2n) is 6.52. The van der Waals surface area contributed by atoms with Gasteiger partial charge in [-0.2, -0.15) is 5.26 Å². The third kappa shape index (κ3) is 3.97. The Bertz CT molecular complexity index is 875. The van der Waals surface area contributed by atoms with E-state index in [1.54, 1.807) is 0 Å². The average Bonchev–Trinajstić information content (AvgIpc) is 2.55. The number of carbonyl (C=O) groups is 1. The van der Waals surface area contributed by atoms with Gasteiger partial charge in [0.1, 0.15) is 11.6 Å². The van der Waals surface area contributed by atoms with Crippen LogP contribution in [0.4, 0.5) is 0 Å². The van der Waals surface area contributed by atoms with Crippen molar-refractivity contribution in [2.45, 2.75) is 40.2 Å². The van der Waals surface area contributed by atoms with Gasteiger partial charge in [-0.05, 0) is 30.4 Å². The first-order valence-corrected chi connectivity index (χ1v) is 8.30. The van der Waals surface area contributed by atoms with Crippen molar-refractivity contribution in [3.63, 3.8) is 0 Å². The van der Waals surface area contributed by atoms with Crippen molar-refractivity contribution in [2.24, 2.45) is 5.92 Å². The minimum Gasteiger partial charge on any atom is -0.494 e. The van der Waals surface area contributed by atoms with Crippen LogP contribution in [0.1, 0.15) is 47.3 Å². The molecule has 0 aliphatic rings. The smallest absolute Gasteiger partial charge is 0.271 e. The van der Waals surface area contributed by atoms with Gasteiger partial charge in [0.25, 0.3) is 5.56 Å². The van der Waals surface area contributed by atoms with Gasteiger partial charge in [-0.3, -0.25) is 14.2 Å².